The van der Waals surface area contributed by atoms with E-state index in [-0.39, 0.29) is 0 Å². The van der Waals surface area contributed by atoms with Crippen LogP contribution in [0.3, 0.4) is 0 Å². The minimum Gasteiger partial charge on any atom is -0.355 e. The van der Waals surface area contributed by atoms with Crippen LogP contribution in [0.4, 0.5) is 0 Å². The zero-order chi connectivity index (χ0) is 21.0. The number of amidine groups is 1. The van der Waals surface area contributed by atoms with E-state index in [9.17, 15) is 0 Å². The molecule has 0 spiro atoms. The van der Waals surface area contributed by atoms with Gasteiger partial charge in [-0.3, -0.25) is 4.98 Å². The van der Waals surface area contributed by atoms with E-state index in [4.69, 9.17) is 11.6 Å². The number of thioether (sulfide) groups is 1. The molecule has 158 valence electrons. The Hall–Kier alpha value is -2.41. The topological polar surface area (TPSA) is 52.9 Å². The summed E-state index contributed by atoms with van der Waals surface area (Å²) in [5.41, 5.74) is 2.52. The lowest BCUT2D eigenvalue weighted by atomic mass is 10.0. The zero-order valence-electron chi connectivity index (χ0n) is 17.2. The van der Waals surface area contributed by atoms with Crippen LogP contribution in [-0.2, 0) is 0 Å². The van der Waals surface area contributed by atoms with Crippen LogP contribution in [0, 0.1) is 0 Å². The van der Waals surface area contributed by atoms with Gasteiger partial charge in [-0.1, -0.05) is 53.2 Å². The van der Waals surface area contributed by atoms with Crippen LogP contribution < -0.4 is 5.32 Å². The number of hydrogen-bond donors (Lipinski definition) is 1. The molecule has 2 aromatic rings. The molecule has 1 aromatic heterocycles. The molecule has 7 heteroatoms. The lowest BCUT2D eigenvalue weighted by molar-refractivity contribution is 0.287. The van der Waals surface area contributed by atoms with Crippen LogP contribution >= 0.6 is 23.4 Å². The summed E-state index contributed by atoms with van der Waals surface area (Å²) < 4.78 is 0. The van der Waals surface area contributed by atoms with E-state index in [1.54, 1.807) is 11.8 Å². The molecule has 1 aliphatic carbocycles. The van der Waals surface area contributed by atoms with Crippen molar-refractivity contribution in [2.45, 2.75) is 18.9 Å². The molecule has 3 aliphatic rings. The van der Waals surface area contributed by atoms with Crippen molar-refractivity contribution in [3.63, 3.8) is 0 Å². The van der Waals surface area contributed by atoms with Gasteiger partial charge in [0.05, 0.1) is 5.75 Å². The van der Waals surface area contributed by atoms with E-state index < -0.39 is 0 Å². The molecule has 5 rings (SSSR count). The fraction of sp³-hybridized carbons (Fsp3) is 0.292. The lowest BCUT2D eigenvalue weighted by Gasteiger charge is -2.36. The van der Waals surface area contributed by atoms with Crippen LogP contribution in [0.1, 0.15) is 18.4 Å². The molecule has 1 fully saturated rings. The van der Waals surface area contributed by atoms with E-state index in [0.717, 1.165) is 65.1 Å². The SMILES string of the molecule is ClC1=CC=C(C[C@H]2CN(C3=NN=C(c4ccc5cnccc5c4)SC3)CCN2)CC=C1. The van der Waals surface area contributed by atoms with Gasteiger partial charge >= 0.3 is 0 Å². The van der Waals surface area contributed by atoms with Crippen LogP contribution in [-0.4, -0.2) is 52.2 Å². The molecule has 1 atom stereocenters. The second-order valence-corrected chi connectivity index (χ2v) is 9.33. The minimum atomic E-state index is 0.408. The molecule has 0 radical (unpaired) electrons. The summed E-state index contributed by atoms with van der Waals surface area (Å²) in [5, 5.41) is 16.9. The number of allylic oxidation sites excluding steroid dienone is 5. The maximum absolute atomic E-state index is 6.11. The standard InChI is InChI=1S/C24H24ClN5S/c25-21-3-1-2-17(4-7-21)12-22-15-30(11-10-27-22)23-16-31-24(29-28-23)19-5-6-20-14-26-9-8-18(20)13-19/h1,3-9,13-14,22,27H,2,10-12,15-16H2/t22-/m0/s1. The Balaban J connectivity index is 1.26. The highest BCUT2D eigenvalue weighted by Gasteiger charge is 2.25. The first-order chi connectivity index (χ1) is 15.2. The number of nitrogens with one attached hydrogen (secondary N) is 1. The van der Waals surface area contributed by atoms with Gasteiger partial charge in [-0.15, -0.1) is 10.2 Å². The van der Waals surface area contributed by atoms with E-state index in [0.29, 0.717) is 6.04 Å². The molecule has 0 amide bonds. The van der Waals surface area contributed by atoms with Crippen LogP contribution in [0.2, 0.25) is 0 Å². The third-order valence-corrected chi connectivity index (χ3v) is 6.99. The van der Waals surface area contributed by atoms with E-state index in [1.807, 2.05) is 30.6 Å². The van der Waals surface area contributed by atoms with Crippen molar-refractivity contribution in [3.8, 4) is 0 Å². The number of benzene rings is 1. The quantitative estimate of drug-likeness (QED) is 0.736. The van der Waals surface area contributed by atoms with Gasteiger partial charge in [0, 0.05) is 54.1 Å². The minimum absolute atomic E-state index is 0.408. The number of halogens is 1. The molecule has 0 unspecified atom stereocenters. The van der Waals surface area contributed by atoms with Gasteiger partial charge in [0.25, 0.3) is 0 Å². The number of aromatic nitrogens is 1. The molecule has 0 saturated carbocycles. The molecule has 1 N–H and O–H groups in total. The first kappa shape index (κ1) is 20.5. The Morgan fingerprint density at radius 2 is 2.13 bits per heavy atom. The van der Waals surface area contributed by atoms with Gasteiger partial charge in [0.15, 0.2) is 0 Å². The maximum atomic E-state index is 6.11. The molecule has 31 heavy (non-hydrogen) atoms. The number of pyridine rings is 1. The molecule has 5 nitrogen and oxygen atoms in total. The fourth-order valence-electron chi connectivity index (χ4n) is 4.11. The lowest BCUT2D eigenvalue weighted by Crippen LogP contribution is -2.53. The normalized spacial score (nSPS) is 21.8. The first-order valence-corrected chi connectivity index (χ1v) is 11.9. The van der Waals surface area contributed by atoms with Gasteiger partial charge in [0.2, 0.25) is 0 Å². The molecule has 1 aromatic carbocycles. The van der Waals surface area contributed by atoms with Crippen molar-refractivity contribution in [1.82, 2.24) is 15.2 Å². The maximum Gasteiger partial charge on any atom is 0.138 e. The third kappa shape index (κ3) is 4.92. The summed E-state index contributed by atoms with van der Waals surface area (Å²) in [6.07, 6.45) is 13.9. The highest BCUT2D eigenvalue weighted by molar-refractivity contribution is 8.15. The largest absolute Gasteiger partial charge is 0.355 e. The number of piperazine rings is 1. The Bertz CT molecular complexity index is 1130. The van der Waals surface area contributed by atoms with Crippen molar-refractivity contribution in [2.75, 3.05) is 25.4 Å². The third-order valence-electron chi connectivity index (χ3n) is 5.75. The van der Waals surface area contributed by atoms with Crippen LogP contribution in [0.15, 0.2) is 81.8 Å². The van der Waals surface area contributed by atoms with Gasteiger partial charge in [0.1, 0.15) is 10.9 Å². The smallest absolute Gasteiger partial charge is 0.138 e. The molecule has 3 heterocycles. The van der Waals surface area contributed by atoms with Crippen molar-refractivity contribution in [2.24, 2.45) is 10.2 Å². The summed E-state index contributed by atoms with van der Waals surface area (Å²) in [7, 11) is 0. The summed E-state index contributed by atoms with van der Waals surface area (Å²) in [5.74, 6) is 1.92. The average Bonchev–Trinajstić information content (AvgIpc) is 3.03. The van der Waals surface area contributed by atoms with Gasteiger partial charge in [-0.05, 0) is 42.5 Å². The number of fused-ring (bicyclic) bond motifs is 1. The van der Waals surface area contributed by atoms with Crippen molar-refractivity contribution >= 4 is 45.0 Å². The van der Waals surface area contributed by atoms with Crippen molar-refractivity contribution in [3.05, 3.63) is 77.1 Å². The number of hydrogen-bond acceptors (Lipinski definition) is 6. The number of nitrogens with zero attached hydrogens (tertiary/aromatic N) is 4. The summed E-state index contributed by atoms with van der Waals surface area (Å²) in [6, 6.07) is 8.81. The summed E-state index contributed by atoms with van der Waals surface area (Å²) in [4.78, 5) is 6.57. The number of rotatable bonds is 3. The van der Waals surface area contributed by atoms with E-state index >= 15 is 0 Å². The van der Waals surface area contributed by atoms with Crippen molar-refractivity contribution < 1.29 is 0 Å². The van der Waals surface area contributed by atoms with Crippen molar-refractivity contribution in [1.29, 1.82) is 0 Å². The van der Waals surface area contributed by atoms with Crippen LogP contribution in [0.25, 0.3) is 10.8 Å². The summed E-state index contributed by atoms with van der Waals surface area (Å²) >= 11 is 7.88. The Morgan fingerprint density at radius 1 is 1.16 bits per heavy atom. The second kappa shape index (κ2) is 9.39. The molecular formula is C24H24ClN5S. The molecular weight excluding hydrogens is 426 g/mol. The predicted molar refractivity (Wildman–Crippen MR) is 132 cm³/mol. The Morgan fingerprint density at radius 3 is 3.03 bits per heavy atom. The van der Waals surface area contributed by atoms with E-state index in [1.165, 1.54) is 11.0 Å². The first-order valence-electron chi connectivity index (χ1n) is 10.6. The van der Waals surface area contributed by atoms with Gasteiger partial charge in [-0.2, -0.15) is 0 Å². The van der Waals surface area contributed by atoms with Crippen LogP contribution in [0.5, 0.6) is 0 Å². The van der Waals surface area contributed by atoms with Gasteiger partial charge in [-0.25, -0.2) is 0 Å². The highest BCUT2D eigenvalue weighted by atomic mass is 35.5. The molecule has 1 saturated heterocycles. The fourth-order valence-corrected chi connectivity index (χ4v) is 5.16. The average molecular weight is 450 g/mol. The van der Waals surface area contributed by atoms with E-state index in [2.05, 4.69) is 55.8 Å². The van der Waals surface area contributed by atoms with Gasteiger partial charge < -0.3 is 10.2 Å². The predicted octanol–water partition coefficient (Wildman–Crippen LogP) is 4.71. The monoisotopic (exact) mass is 449 g/mol. The second-order valence-electron chi connectivity index (χ2n) is 7.93. The summed E-state index contributed by atoms with van der Waals surface area (Å²) in [6.45, 7) is 2.88. The Labute approximate surface area is 191 Å². The molecule has 2 aliphatic heterocycles. The zero-order valence-corrected chi connectivity index (χ0v) is 18.7. The Kier molecular flexibility index (Phi) is 6.20. The molecule has 0 bridgehead atoms. The highest BCUT2D eigenvalue weighted by Crippen LogP contribution is 2.24.